The van der Waals surface area contributed by atoms with E-state index in [1.807, 2.05) is 0 Å². The predicted octanol–water partition coefficient (Wildman–Crippen LogP) is 2.56. The Morgan fingerprint density at radius 1 is 1.16 bits per heavy atom. The van der Waals surface area contributed by atoms with Gasteiger partial charge < -0.3 is 14.5 Å². The van der Waals surface area contributed by atoms with Gasteiger partial charge in [0.15, 0.2) is 0 Å². The van der Waals surface area contributed by atoms with Gasteiger partial charge in [-0.25, -0.2) is 9.36 Å². The molecule has 0 aliphatic rings. The zero-order chi connectivity index (χ0) is 15.4. The van der Waals surface area contributed by atoms with Gasteiger partial charge in [-0.1, -0.05) is 38.7 Å². The van der Waals surface area contributed by atoms with Crippen molar-refractivity contribution in [2.24, 2.45) is 0 Å². The molecule has 1 atom stereocenters. The second kappa shape index (κ2) is 11.2. The van der Waals surface area contributed by atoms with Crippen molar-refractivity contribution in [3.63, 3.8) is 0 Å². The maximum Gasteiger partial charge on any atom is 0.469 e. The number of unbranched alkanes of at least 4 members (excludes halogenated alkanes) is 5. The van der Waals surface area contributed by atoms with E-state index in [1.165, 1.54) is 0 Å². The van der Waals surface area contributed by atoms with Crippen molar-refractivity contribution in [2.75, 3.05) is 13.2 Å². The van der Waals surface area contributed by atoms with Gasteiger partial charge in [0.2, 0.25) is 0 Å². The van der Waals surface area contributed by atoms with Crippen LogP contribution in [0.5, 0.6) is 0 Å². The van der Waals surface area contributed by atoms with Gasteiger partial charge in [-0.05, 0) is 12.8 Å². The molecule has 0 radical (unpaired) electrons. The fourth-order valence-electron chi connectivity index (χ4n) is 1.41. The second-order valence-corrected chi connectivity index (χ2v) is 5.28. The zero-order valence-electron chi connectivity index (χ0n) is 12.0. The first-order valence-electron chi connectivity index (χ1n) is 6.88. The molecule has 1 unspecified atom stereocenters. The summed E-state index contributed by atoms with van der Waals surface area (Å²) in [6.45, 7) is 2.49. The number of phosphoric ester groups is 1. The quantitative estimate of drug-likeness (QED) is 0.249. The van der Waals surface area contributed by atoms with Crippen LogP contribution in [0.2, 0.25) is 0 Å². The van der Waals surface area contributed by atoms with E-state index in [9.17, 15) is 9.36 Å². The van der Waals surface area contributed by atoms with E-state index in [2.05, 4.69) is 11.1 Å². The smallest absolute Gasteiger partial charge is 0.463 e. The number of phosphoric acid groups is 1. The molecule has 0 amide bonds. The maximum atomic E-state index is 10.8. The molecule has 0 bridgehead atoms. The van der Waals surface area contributed by atoms with Gasteiger partial charge >= 0.3 is 13.8 Å². The third kappa shape index (κ3) is 15.3. The normalized spacial score (nSPS) is 13.7. The van der Waals surface area contributed by atoms with E-state index in [1.54, 1.807) is 0 Å². The topological polar surface area (TPSA) is 93.1 Å². The fraction of sp³-hybridized carbons (Fsp3) is 0.750. The molecular formula is C12H23O6P. The van der Waals surface area contributed by atoms with Gasteiger partial charge in [-0.15, -0.1) is 0 Å². The summed E-state index contributed by atoms with van der Waals surface area (Å²) in [6, 6.07) is 0. The molecule has 0 aliphatic carbocycles. The van der Waals surface area contributed by atoms with Crippen LogP contribution in [-0.4, -0.2) is 28.9 Å². The van der Waals surface area contributed by atoms with Crippen LogP contribution >= 0.6 is 7.82 Å². The highest BCUT2D eigenvalue weighted by atomic mass is 31.2. The number of rotatable bonds is 12. The van der Waals surface area contributed by atoms with Gasteiger partial charge in [0.05, 0.1) is 14.6 Å². The molecule has 0 fully saturated rings. The Bertz CT molecular complexity index is 330. The lowest BCUT2D eigenvalue weighted by atomic mass is 10.1. The van der Waals surface area contributed by atoms with Crippen LogP contribution in [0.25, 0.3) is 0 Å². The Morgan fingerprint density at radius 2 is 1.68 bits per heavy atom. The molecule has 112 valence electrons. The summed E-state index contributed by atoms with van der Waals surface area (Å²) in [5.41, 5.74) is 0. The SMILES string of the molecule is [2H]C(CCCCCCCCOP(=O)(O)O)OC(=O)C=C. The molecule has 19 heavy (non-hydrogen) atoms. The standard InChI is InChI=1S/C12H23O6P/c1-2-12(13)17-10-8-6-4-3-5-7-9-11-18-19(14,15)16/h2H,1,3-11H2,(H2,14,15,16)/i10D. The van der Waals surface area contributed by atoms with E-state index in [0.29, 0.717) is 12.8 Å². The lowest BCUT2D eigenvalue weighted by Crippen LogP contribution is -2.01. The first kappa shape index (κ1) is 16.4. The third-order valence-electron chi connectivity index (χ3n) is 2.34. The summed E-state index contributed by atoms with van der Waals surface area (Å²) in [6.07, 6.45) is 6.65. The lowest BCUT2D eigenvalue weighted by molar-refractivity contribution is -0.137. The number of carbonyl (C=O) groups is 1. The Morgan fingerprint density at radius 3 is 2.21 bits per heavy atom. The molecule has 0 aromatic rings. The Labute approximate surface area is 115 Å². The molecule has 7 heteroatoms. The molecule has 0 aliphatic heterocycles. The molecule has 0 spiro atoms. The average Bonchev–Trinajstić information content (AvgIpc) is 2.35. The lowest BCUT2D eigenvalue weighted by Gasteiger charge is -2.05. The minimum absolute atomic E-state index is 0.0660. The molecule has 0 heterocycles. The van der Waals surface area contributed by atoms with Crippen molar-refractivity contribution < 1.29 is 29.8 Å². The van der Waals surface area contributed by atoms with Crippen LogP contribution in [0.3, 0.4) is 0 Å². The van der Waals surface area contributed by atoms with E-state index < -0.39 is 20.4 Å². The van der Waals surface area contributed by atoms with Crippen LogP contribution in [-0.2, 0) is 18.6 Å². The van der Waals surface area contributed by atoms with Crippen LogP contribution in [0.1, 0.15) is 46.3 Å². The molecule has 2 N–H and O–H groups in total. The third-order valence-corrected chi connectivity index (χ3v) is 2.86. The molecular weight excluding hydrogens is 271 g/mol. The van der Waals surface area contributed by atoms with E-state index in [4.69, 9.17) is 15.9 Å². The van der Waals surface area contributed by atoms with Crippen molar-refractivity contribution in [2.45, 2.75) is 44.9 Å². The minimum Gasteiger partial charge on any atom is -0.463 e. The van der Waals surface area contributed by atoms with Crippen LogP contribution in [0.4, 0.5) is 0 Å². The summed E-state index contributed by atoms with van der Waals surface area (Å²) < 4.78 is 26.9. The van der Waals surface area contributed by atoms with Gasteiger partial charge in [0, 0.05) is 6.08 Å². The van der Waals surface area contributed by atoms with Crippen molar-refractivity contribution in [3.8, 4) is 0 Å². The van der Waals surface area contributed by atoms with Gasteiger partial charge in [-0.3, -0.25) is 4.52 Å². The Kier molecular flexibility index (Phi) is 9.63. The first-order valence-corrected chi connectivity index (χ1v) is 7.83. The van der Waals surface area contributed by atoms with Crippen molar-refractivity contribution in [3.05, 3.63) is 12.7 Å². The van der Waals surface area contributed by atoms with E-state index in [-0.39, 0.29) is 6.61 Å². The molecule has 6 nitrogen and oxygen atoms in total. The largest absolute Gasteiger partial charge is 0.469 e. The number of hydrogen-bond donors (Lipinski definition) is 2. The summed E-state index contributed by atoms with van der Waals surface area (Å²) in [7, 11) is -4.33. The molecule has 0 saturated heterocycles. The van der Waals surface area contributed by atoms with Gasteiger partial charge in [-0.2, -0.15) is 0 Å². The summed E-state index contributed by atoms with van der Waals surface area (Å²) in [5, 5.41) is 0. The van der Waals surface area contributed by atoms with Crippen molar-refractivity contribution in [1.82, 2.24) is 0 Å². The molecule has 0 saturated carbocycles. The summed E-state index contributed by atoms with van der Waals surface area (Å²) >= 11 is 0. The minimum atomic E-state index is -4.33. The average molecular weight is 295 g/mol. The van der Waals surface area contributed by atoms with Crippen LogP contribution in [0.15, 0.2) is 12.7 Å². The van der Waals surface area contributed by atoms with Crippen molar-refractivity contribution in [1.29, 1.82) is 0 Å². The highest BCUT2D eigenvalue weighted by molar-refractivity contribution is 7.46. The van der Waals surface area contributed by atoms with Crippen molar-refractivity contribution >= 4 is 13.8 Å². The maximum absolute atomic E-state index is 10.8. The van der Waals surface area contributed by atoms with Gasteiger partial charge in [0.25, 0.3) is 0 Å². The number of ether oxygens (including phenoxy) is 1. The highest BCUT2D eigenvalue weighted by Crippen LogP contribution is 2.35. The number of carbonyl (C=O) groups excluding carboxylic acids is 1. The summed E-state index contributed by atoms with van der Waals surface area (Å²) in [4.78, 5) is 27.7. The van der Waals surface area contributed by atoms with Gasteiger partial charge in [0.1, 0.15) is 0 Å². The number of esters is 1. The first-order chi connectivity index (χ1) is 9.35. The number of hydrogen-bond acceptors (Lipinski definition) is 4. The summed E-state index contributed by atoms with van der Waals surface area (Å²) in [5.74, 6) is -0.574. The molecule has 0 aromatic carbocycles. The Hall–Kier alpha value is -0.680. The molecule has 0 aromatic heterocycles. The van der Waals surface area contributed by atoms with Crippen LogP contribution < -0.4 is 0 Å². The molecule has 0 rings (SSSR count). The van der Waals surface area contributed by atoms with E-state index >= 15 is 0 Å². The second-order valence-electron chi connectivity index (χ2n) is 4.04. The van der Waals surface area contributed by atoms with Crippen LogP contribution in [0, 0.1) is 0 Å². The highest BCUT2D eigenvalue weighted by Gasteiger charge is 2.12. The predicted molar refractivity (Wildman–Crippen MR) is 71.5 cm³/mol. The Balaban J connectivity index is 3.30. The monoisotopic (exact) mass is 295 g/mol. The zero-order valence-corrected chi connectivity index (χ0v) is 11.9. The fourth-order valence-corrected chi connectivity index (χ4v) is 1.78. The van der Waals surface area contributed by atoms with E-state index in [0.717, 1.165) is 38.2 Å².